The van der Waals surface area contributed by atoms with Crippen molar-refractivity contribution in [1.29, 1.82) is 0 Å². The highest BCUT2D eigenvalue weighted by atomic mass is 35.5. The van der Waals surface area contributed by atoms with Crippen LogP contribution >= 0.6 is 11.6 Å². The summed E-state index contributed by atoms with van der Waals surface area (Å²) in [6, 6.07) is 6.04. The second-order valence-corrected chi connectivity index (χ2v) is 3.68. The predicted molar refractivity (Wildman–Crippen MR) is 56.3 cm³/mol. The molecule has 76 valence electrons. The summed E-state index contributed by atoms with van der Waals surface area (Å²) >= 11 is 5.88. The number of ether oxygens (including phenoxy) is 2. The molecule has 0 N–H and O–H groups in total. The van der Waals surface area contributed by atoms with E-state index >= 15 is 0 Å². The van der Waals surface area contributed by atoms with Gasteiger partial charge in [-0.25, -0.2) is 0 Å². The van der Waals surface area contributed by atoms with Gasteiger partial charge in [0.05, 0.1) is 0 Å². The van der Waals surface area contributed by atoms with Crippen LogP contribution in [0.25, 0.3) is 0 Å². The molecule has 1 unspecified atom stereocenters. The monoisotopic (exact) mass is 212 g/mol. The average Bonchev–Trinajstić information content (AvgIpc) is 2.66. The number of rotatable bonds is 3. The van der Waals surface area contributed by atoms with Crippen molar-refractivity contribution < 1.29 is 9.47 Å². The van der Waals surface area contributed by atoms with E-state index < -0.39 is 0 Å². The number of hydrogen-bond acceptors (Lipinski definition) is 2. The van der Waals surface area contributed by atoms with Crippen LogP contribution in [0.3, 0.4) is 0 Å². The third-order valence-corrected chi connectivity index (χ3v) is 2.92. The van der Waals surface area contributed by atoms with Crippen molar-refractivity contribution in [3.8, 4) is 11.5 Å². The number of benzene rings is 1. The van der Waals surface area contributed by atoms with Gasteiger partial charge in [0, 0.05) is 5.88 Å². The average molecular weight is 213 g/mol. The lowest BCUT2D eigenvalue weighted by atomic mass is 9.98. The standard InChI is InChI=1S/C11H13ClO2/c1-2-8(6-12)9-3-4-10-11(5-9)14-7-13-10/h3-5,8H,2,6-7H2,1H3. The van der Waals surface area contributed by atoms with Crippen LogP contribution < -0.4 is 9.47 Å². The highest BCUT2D eigenvalue weighted by Gasteiger charge is 2.16. The van der Waals surface area contributed by atoms with E-state index in [-0.39, 0.29) is 0 Å². The third kappa shape index (κ3) is 1.67. The number of alkyl halides is 1. The summed E-state index contributed by atoms with van der Waals surface area (Å²) in [5, 5.41) is 0. The molecule has 2 rings (SSSR count). The number of hydrogen-bond donors (Lipinski definition) is 0. The second-order valence-electron chi connectivity index (χ2n) is 3.37. The summed E-state index contributed by atoms with van der Waals surface area (Å²) < 4.78 is 10.6. The van der Waals surface area contributed by atoms with E-state index in [1.54, 1.807) is 0 Å². The molecule has 1 aliphatic heterocycles. The molecule has 1 aliphatic rings. The fraction of sp³-hybridized carbons (Fsp3) is 0.455. The highest BCUT2D eigenvalue weighted by molar-refractivity contribution is 6.18. The molecule has 1 atom stereocenters. The first-order chi connectivity index (χ1) is 6.85. The summed E-state index contributed by atoms with van der Waals surface area (Å²) in [6.45, 7) is 2.47. The van der Waals surface area contributed by atoms with Crippen LogP contribution in [0.5, 0.6) is 11.5 Å². The molecular weight excluding hydrogens is 200 g/mol. The molecule has 0 fully saturated rings. The van der Waals surface area contributed by atoms with Gasteiger partial charge in [0.1, 0.15) is 0 Å². The van der Waals surface area contributed by atoms with Crippen LogP contribution in [0.15, 0.2) is 18.2 Å². The van der Waals surface area contributed by atoms with Gasteiger partial charge >= 0.3 is 0 Å². The van der Waals surface area contributed by atoms with Crippen LogP contribution in [0.4, 0.5) is 0 Å². The maximum Gasteiger partial charge on any atom is 0.231 e. The first-order valence-electron chi connectivity index (χ1n) is 4.80. The van der Waals surface area contributed by atoms with Crippen molar-refractivity contribution in [2.75, 3.05) is 12.7 Å². The molecule has 0 bridgehead atoms. The van der Waals surface area contributed by atoms with E-state index in [1.165, 1.54) is 5.56 Å². The summed E-state index contributed by atoms with van der Waals surface area (Å²) in [7, 11) is 0. The van der Waals surface area contributed by atoms with Crippen molar-refractivity contribution in [3.63, 3.8) is 0 Å². The molecule has 1 aromatic rings. The Morgan fingerprint density at radius 1 is 1.36 bits per heavy atom. The first kappa shape index (κ1) is 9.66. The lowest BCUT2D eigenvalue weighted by molar-refractivity contribution is 0.174. The Hall–Kier alpha value is -0.890. The van der Waals surface area contributed by atoms with Crippen LogP contribution in [-0.2, 0) is 0 Å². The van der Waals surface area contributed by atoms with Gasteiger partial charge in [0.25, 0.3) is 0 Å². The minimum atomic E-state index is 0.330. The van der Waals surface area contributed by atoms with Gasteiger partial charge in [0.2, 0.25) is 6.79 Å². The predicted octanol–water partition coefficient (Wildman–Crippen LogP) is 3.15. The highest BCUT2D eigenvalue weighted by Crippen LogP contribution is 2.35. The van der Waals surface area contributed by atoms with Gasteiger partial charge < -0.3 is 9.47 Å². The Labute approximate surface area is 88.8 Å². The maximum atomic E-state index is 5.88. The van der Waals surface area contributed by atoms with Crippen molar-refractivity contribution in [3.05, 3.63) is 23.8 Å². The van der Waals surface area contributed by atoms with Crippen LogP contribution in [0.1, 0.15) is 24.8 Å². The Morgan fingerprint density at radius 3 is 2.86 bits per heavy atom. The fourth-order valence-electron chi connectivity index (χ4n) is 1.60. The van der Waals surface area contributed by atoms with Gasteiger partial charge in [-0.1, -0.05) is 13.0 Å². The molecule has 14 heavy (non-hydrogen) atoms. The Bertz CT molecular complexity index is 321. The first-order valence-corrected chi connectivity index (χ1v) is 5.34. The van der Waals surface area contributed by atoms with Gasteiger partial charge in [-0.15, -0.1) is 11.6 Å². The van der Waals surface area contributed by atoms with E-state index in [9.17, 15) is 0 Å². The van der Waals surface area contributed by atoms with Crippen molar-refractivity contribution in [2.24, 2.45) is 0 Å². The molecule has 1 aromatic carbocycles. The largest absolute Gasteiger partial charge is 0.454 e. The molecule has 0 amide bonds. The van der Waals surface area contributed by atoms with E-state index in [2.05, 4.69) is 13.0 Å². The summed E-state index contributed by atoms with van der Waals surface area (Å²) in [6.07, 6.45) is 1.04. The summed E-state index contributed by atoms with van der Waals surface area (Å²) in [5.74, 6) is 2.73. The SMILES string of the molecule is CCC(CCl)c1ccc2c(c1)OCO2. The molecule has 0 aliphatic carbocycles. The van der Waals surface area contributed by atoms with E-state index in [0.717, 1.165) is 17.9 Å². The van der Waals surface area contributed by atoms with Crippen molar-refractivity contribution in [1.82, 2.24) is 0 Å². The minimum Gasteiger partial charge on any atom is -0.454 e. The Balaban J connectivity index is 2.27. The molecule has 0 saturated carbocycles. The molecule has 0 spiro atoms. The lowest BCUT2D eigenvalue weighted by Crippen LogP contribution is -1.98. The second kappa shape index (κ2) is 4.09. The fourth-order valence-corrected chi connectivity index (χ4v) is 2.00. The molecule has 0 saturated heterocycles. The van der Waals surface area contributed by atoms with E-state index in [1.807, 2.05) is 12.1 Å². The van der Waals surface area contributed by atoms with E-state index in [0.29, 0.717) is 18.6 Å². The Morgan fingerprint density at radius 2 is 2.14 bits per heavy atom. The molecule has 0 aromatic heterocycles. The molecule has 1 heterocycles. The number of halogens is 1. The third-order valence-electron chi connectivity index (χ3n) is 2.55. The molecule has 0 radical (unpaired) electrons. The summed E-state index contributed by atoms with van der Waals surface area (Å²) in [5.41, 5.74) is 1.23. The topological polar surface area (TPSA) is 18.5 Å². The number of fused-ring (bicyclic) bond motifs is 1. The van der Waals surface area contributed by atoms with Gasteiger partial charge in [0.15, 0.2) is 11.5 Å². The zero-order chi connectivity index (χ0) is 9.97. The van der Waals surface area contributed by atoms with Gasteiger partial charge in [-0.2, -0.15) is 0 Å². The minimum absolute atomic E-state index is 0.330. The molecular formula is C11H13ClO2. The van der Waals surface area contributed by atoms with E-state index in [4.69, 9.17) is 21.1 Å². The normalized spacial score (nSPS) is 15.6. The van der Waals surface area contributed by atoms with Crippen molar-refractivity contribution >= 4 is 11.6 Å². The smallest absolute Gasteiger partial charge is 0.231 e. The molecule has 3 heteroatoms. The van der Waals surface area contributed by atoms with Crippen LogP contribution in [0.2, 0.25) is 0 Å². The lowest BCUT2D eigenvalue weighted by Gasteiger charge is -2.11. The zero-order valence-electron chi connectivity index (χ0n) is 8.13. The van der Waals surface area contributed by atoms with Crippen LogP contribution in [-0.4, -0.2) is 12.7 Å². The zero-order valence-corrected chi connectivity index (χ0v) is 8.88. The Kier molecular flexibility index (Phi) is 2.82. The molecule has 2 nitrogen and oxygen atoms in total. The van der Waals surface area contributed by atoms with Gasteiger partial charge in [-0.3, -0.25) is 0 Å². The van der Waals surface area contributed by atoms with Gasteiger partial charge in [-0.05, 0) is 30.0 Å². The van der Waals surface area contributed by atoms with Crippen molar-refractivity contribution in [2.45, 2.75) is 19.3 Å². The quantitative estimate of drug-likeness (QED) is 0.717. The summed E-state index contributed by atoms with van der Waals surface area (Å²) in [4.78, 5) is 0. The van der Waals surface area contributed by atoms with Crippen LogP contribution in [0, 0.1) is 0 Å². The maximum absolute atomic E-state index is 5.88.